The van der Waals surface area contributed by atoms with Gasteiger partial charge in [0.15, 0.2) is 5.78 Å². The molecule has 2 aromatic heterocycles. The number of hydrogen-bond acceptors (Lipinski definition) is 5. The van der Waals surface area contributed by atoms with Crippen LogP contribution < -0.4 is 0 Å². The van der Waals surface area contributed by atoms with Crippen LogP contribution in [0.25, 0.3) is 54.9 Å². The van der Waals surface area contributed by atoms with Crippen LogP contribution in [-0.4, -0.2) is 20.9 Å². The smallest absolute Gasteiger partial charge is 0.164 e. The summed E-state index contributed by atoms with van der Waals surface area (Å²) in [6, 6.07) is 24.4. The van der Waals surface area contributed by atoms with E-state index in [-0.39, 0.29) is 48.4 Å². The first-order valence-electron chi connectivity index (χ1n) is 17.8. The van der Waals surface area contributed by atoms with E-state index < -0.39 is 0 Å². The van der Waals surface area contributed by atoms with Crippen LogP contribution in [0.1, 0.15) is 104 Å². The summed E-state index contributed by atoms with van der Waals surface area (Å²) in [7, 11) is 0. The van der Waals surface area contributed by atoms with Gasteiger partial charge in [-0.1, -0.05) is 114 Å². The number of aryl methyl sites for hydroxylation is 2. The number of furan rings is 1. The van der Waals surface area contributed by atoms with Crippen LogP contribution in [-0.2, 0) is 24.9 Å². The predicted molar refractivity (Wildman–Crippen MR) is 205 cm³/mol. The van der Waals surface area contributed by atoms with Gasteiger partial charge >= 0.3 is 0 Å². The van der Waals surface area contributed by atoms with Gasteiger partial charge in [0.05, 0.1) is 11.1 Å². The van der Waals surface area contributed by atoms with Crippen LogP contribution in [0.5, 0.6) is 0 Å². The Morgan fingerprint density at radius 2 is 1.54 bits per heavy atom. The summed E-state index contributed by atoms with van der Waals surface area (Å²) in [4.78, 5) is 22.3. The summed E-state index contributed by atoms with van der Waals surface area (Å²) in [5.41, 5.74) is 6.35. The van der Waals surface area contributed by atoms with Gasteiger partial charge in [-0.2, -0.15) is 0 Å². The molecule has 1 radical (unpaired) electrons. The van der Waals surface area contributed by atoms with Crippen molar-refractivity contribution < 1.29 is 34.4 Å². The molecule has 0 amide bonds. The van der Waals surface area contributed by atoms with Crippen molar-refractivity contribution >= 4 is 49.4 Å². The molecule has 0 atom stereocenters. The second kappa shape index (κ2) is 15.6. The number of hydrogen-bond donors (Lipinski definition) is 1. The molecule has 0 fully saturated rings. The molecule has 0 aliphatic rings. The SMILES string of the molecule is CCC(C)(CC)C(=O)/C=C(\O)C(C)(CC)CC.Cc1cc(C)c2c(ccc3c(-c4[c-]ccc5c4oc4ccccc45)nc(C(C)C)nc32)c1.[Ir]. The summed E-state index contributed by atoms with van der Waals surface area (Å²) in [6.07, 6.45) is 4.75. The molecule has 1 N–H and O–H groups in total. The number of benzene rings is 4. The number of aliphatic hydroxyl groups is 1. The van der Waals surface area contributed by atoms with Gasteiger partial charge in [-0.05, 0) is 61.9 Å². The maximum Gasteiger partial charge on any atom is 0.164 e. The molecule has 0 saturated carbocycles. The van der Waals surface area contributed by atoms with Gasteiger partial charge in [0, 0.05) is 59.4 Å². The molecule has 0 bridgehead atoms. The van der Waals surface area contributed by atoms with E-state index in [4.69, 9.17) is 14.4 Å². The molecule has 6 rings (SSSR count). The van der Waals surface area contributed by atoms with E-state index in [0.717, 1.165) is 75.6 Å². The summed E-state index contributed by atoms with van der Waals surface area (Å²) >= 11 is 0. The van der Waals surface area contributed by atoms with Crippen molar-refractivity contribution in [1.29, 1.82) is 0 Å². The first-order valence-corrected chi connectivity index (χ1v) is 17.8. The summed E-state index contributed by atoms with van der Waals surface area (Å²) in [5, 5.41) is 15.7. The average Bonchev–Trinajstić information content (AvgIpc) is 3.49. The van der Waals surface area contributed by atoms with Crippen LogP contribution in [0.2, 0.25) is 0 Å². The number of rotatable bonds is 9. The topological polar surface area (TPSA) is 76.2 Å². The number of aliphatic hydroxyl groups excluding tert-OH is 1. The fraction of sp³-hybridized carbons (Fsp3) is 0.386. The Kier molecular flexibility index (Phi) is 12.1. The van der Waals surface area contributed by atoms with E-state index in [2.05, 4.69) is 70.2 Å². The van der Waals surface area contributed by atoms with Crippen molar-refractivity contribution in [2.24, 2.45) is 10.8 Å². The molecule has 50 heavy (non-hydrogen) atoms. The largest absolute Gasteiger partial charge is 0.512 e. The molecule has 5 nitrogen and oxygen atoms in total. The first-order chi connectivity index (χ1) is 23.3. The molecular formula is C44H51IrN2O3-. The van der Waals surface area contributed by atoms with E-state index in [1.807, 2.05) is 65.8 Å². The number of ketones is 1. The minimum atomic E-state index is -0.337. The van der Waals surface area contributed by atoms with Gasteiger partial charge in [-0.15, -0.1) is 18.2 Å². The maximum absolute atomic E-state index is 12.2. The molecule has 2 heterocycles. The van der Waals surface area contributed by atoms with Crippen molar-refractivity contribution in [1.82, 2.24) is 9.97 Å². The normalized spacial score (nSPS) is 12.4. The standard InChI is InChI=1S/C29H23N2O.C15H28O2.Ir/c1-16(2)29-30-26(22-13-12-19-15-17(3)14-18(4)25(19)27(22)31-29)23-10-7-9-21-20-8-5-6-11-24(20)32-28(21)23;1-7-14(5,8-2)12(16)11-13(17)15(6,9-3)10-4;/h5-9,11-16H,1-4H3;11,16H,7-10H2,1-6H3;/q-1;;/b;12-11-;. The minimum absolute atomic E-state index is 0. The zero-order valence-electron chi connectivity index (χ0n) is 31.2. The van der Waals surface area contributed by atoms with Crippen molar-refractivity contribution in [3.05, 3.63) is 95.5 Å². The number of para-hydroxylation sites is 1. The Labute approximate surface area is 310 Å². The zero-order valence-corrected chi connectivity index (χ0v) is 33.6. The fourth-order valence-electron chi connectivity index (χ4n) is 6.46. The third kappa shape index (κ3) is 7.29. The van der Waals surface area contributed by atoms with Gasteiger partial charge in [-0.25, -0.2) is 4.98 Å². The Morgan fingerprint density at radius 1 is 0.880 bits per heavy atom. The van der Waals surface area contributed by atoms with Crippen LogP contribution >= 0.6 is 0 Å². The van der Waals surface area contributed by atoms with Crippen molar-refractivity contribution in [3.63, 3.8) is 0 Å². The third-order valence-electron chi connectivity index (χ3n) is 10.8. The molecule has 265 valence electrons. The number of carbonyl (C=O) groups excluding carboxylic acids is 1. The zero-order chi connectivity index (χ0) is 35.7. The Hall–Kier alpha value is -3.86. The quantitative estimate of drug-likeness (QED) is 0.0679. The number of allylic oxidation sites excluding steroid dienone is 2. The van der Waals surface area contributed by atoms with E-state index >= 15 is 0 Å². The number of aromatic nitrogens is 2. The monoisotopic (exact) mass is 848 g/mol. The van der Waals surface area contributed by atoms with Crippen molar-refractivity contribution in [3.8, 4) is 11.3 Å². The van der Waals surface area contributed by atoms with Crippen LogP contribution in [0, 0.1) is 30.7 Å². The van der Waals surface area contributed by atoms with Crippen molar-refractivity contribution in [2.75, 3.05) is 0 Å². The molecule has 4 aromatic carbocycles. The van der Waals surface area contributed by atoms with E-state index in [9.17, 15) is 9.90 Å². The van der Waals surface area contributed by atoms with E-state index in [1.165, 1.54) is 28.0 Å². The minimum Gasteiger partial charge on any atom is -0.512 e. The molecule has 0 unspecified atom stereocenters. The summed E-state index contributed by atoms with van der Waals surface area (Å²) < 4.78 is 6.32. The Morgan fingerprint density at radius 3 is 2.18 bits per heavy atom. The average molecular weight is 848 g/mol. The Bertz CT molecular complexity index is 2190. The van der Waals surface area contributed by atoms with Gasteiger partial charge < -0.3 is 9.52 Å². The second-order valence-corrected chi connectivity index (χ2v) is 14.3. The Balaban J connectivity index is 0.000000269. The number of fused-ring (bicyclic) bond motifs is 6. The number of nitrogens with zero attached hydrogens (tertiary/aromatic N) is 2. The number of carbonyl (C=O) groups is 1. The van der Waals surface area contributed by atoms with Gasteiger partial charge in [0.2, 0.25) is 0 Å². The molecule has 0 saturated heterocycles. The second-order valence-electron chi connectivity index (χ2n) is 14.3. The van der Waals surface area contributed by atoms with E-state index in [1.54, 1.807) is 0 Å². The predicted octanol–water partition coefficient (Wildman–Crippen LogP) is 12.5. The van der Waals surface area contributed by atoms with Crippen LogP contribution in [0.4, 0.5) is 0 Å². The molecule has 6 heteroatoms. The van der Waals surface area contributed by atoms with Gasteiger partial charge in [0.25, 0.3) is 0 Å². The molecule has 6 aromatic rings. The molecule has 0 aliphatic carbocycles. The molecular weight excluding hydrogens is 797 g/mol. The summed E-state index contributed by atoms with van der Waals surface area (Å²) in [6.45, 7) is 20.7. The fourth-order valence-corrected chi connectivity index (χ4v) is 6.46. The van der Waals surface area contributed by atoms with Gasteiger partial charge in [-0.3, -0.25) is 9.78 Å². The maximum atomic E-state index is 12.2. The molecule has 0 aliphatic heterocycles. The van der Waals surface area contributed by atoms with Crippen molar-refractivity contribution in [2.45, 2.75) is 101 Å². The van der Waals surface area contributed by atoms with E-state index in [0.29, 0.717) is 0 Å². The van der Waals surface area contributed by atoms with Gasteiger partial charge in [0.1, 0.15) is 17.2 Å². The van der Waals surface area contributed by atoms with Crippen LogP contribution in [0.15, 0.2) is 76.9 Å². The summed E-state index contributed by atoms with van der Waals surface area (Å²) in [5.74, 6) is 1.32. The molecule has 0 spiro atoms. The van der Waals surface area contributed by atoms with Crippen LogP contribution in [0.3, 0.4) is 0 Å². The third-order valence-corrected chi connectivity index (χ3v) is 10.8. The first kappa shape index (κ1) is 38.9.